The quantitative estimate of drug-likeness (QED) is 0.615. The van der Waals surface area contributed by atoms with Crippen molar-refractivity contribution in [3.63, 3.8) is 0 Å². The third-order valence-electron chi connectivity index (χ3n) is 3.29. The monoisotopic (exact) mass is 253 g/mol. The zero-order chi connectivity index (χ0) is 13.0. The molecule has 0 bridgehead atoms. The molecule has 0 amide bonds. The van der Waals surface area contributed by atoms with Crippen LogP contribution >= 0.6 is 0 Å². The number of likely N-dealkylation sites (tertiary alicyclic amines) is 1. The van der Waals surface area contributed by atoms with Crippen LogP contribution in [-0.4, -0.2) is 45.7 Å². The maximum Gasteiger partial charge on any atom is 0.366 e. The van der Waals surface area contributed by atoms with Gasteiger partial charge in [-0.05, 0) is 30.7 Å². The fraction of sp³-hybridized carbons (Fsp3) is 0.727. The molecule has 0 unspecified atom stereocenters. The van der Waals surface area contributed by atoms with Crippen LogP contribution in [0.3, 0.4) is 0 Å². The van der Waals surface area contributed by atoms with Crippen LogP contribution in [-0.2, 0) is 0 Å². The standard InChI is InChI=1S/C11H19N5O2/c1-2-5-15-6-3-9(4-7-15)13-10-8-12-14-11(10)16(17)18/h8-9,13H,2-7H2,1H3,(H,12,14). The molecule has 1 aliphatic rings. The number of rotatable bonds is 5. The topological polar surface area (TPSA) is 87.1 Å². The molecule has 1 aliphatic heterocycles. The summed E-state index contributed by atoms with van der Waals surface area (Å²) in [7, 11) is 0. The van der Waals surface area contributed by atoms with Crippen molar-refractivity contribution in [1.29, 1.82) is 0 Å². The molecule has 7 nitrogen and oxygen atoms in total. The maximum absolute atomic E-state index is 10.7. The smallest absolute Gasteiger partial charge is 0.366 e. The Balaban J connectivity index is 1.88. The molecule has 0 atom stereocenters. The first-order valence-electron chi connectivity index (χ1n) is 6.37. The lowest BCUT2D eigenvalue weighted by Gasteiger charge is -2.32. The Kier molecular flexibility index (Phi) is 4.14. The molecule has 100 valence electrons. The second kappa shape index (κ2) is 5.81. The van der Waals surface area contributed by atoms with Gasteiger partial charge >= 0.3 is 5.82 Å². The summed E-state index contributed by atoms with van der Waals surface area (Å²) in [5.74, 6) is -0.0500. The molecule has 2 heterocycles. The van der Waals surface area contributed by atoms with Gasteiger partial charge in [-0.1, -0.05) is 12.0 Å². The van der Waals surface area contributed by atoms with E-state index in [-0.39, 0.29) is 5.82 Å². The minimum absolute atomic E-state index is 0.0500. The molecular weight excluding hydrogens is 234 g/mol. The molecule has 1 fully saturated rings. The average Bonchev–Trinajstić information content (AvgIpc) is 2.80. The predicted molar refractivity (Wildman–Crippen MR) is 68.6 cm³/mol. The van der Waals surface area contributed by atoms with E-state index in [1.54, 1.807) is 0 Å². The second-order valence-corrected chi connectivity index (χ2v) is 4.65. The number of hydrogen-bond acceptors (Lipinski definition) is 5. The van der Waals surface area contributed by atoms with Gasteiger partial charge in [-0.15, -0.1) is 5.10 Å². The maximum atomic E-state index is 10.7. The largest absolute Gasteiger partial charge is 0.374 e. The van der Waals surface area contributed by atoms with Gasteiger partial charge in [0.25, 0.3) is 0 Å². The van der Waals surface area contributed by atoms with E-state index < -0.39 is 4.92 Å². The normalized spacial score (nSPS) is 17.8. The van der Waals surface area contributed by atoms with E-state index >= 15 is 0 Å². The van der Waals surface area contributed by atoms with Gasteiger partial charge in [0, 0.05) is 19.1 Å². The molecule has 1 saturated heterocycles. The minimum Gasteiger partial charge on any atom is -0.374 e. The number of nitrogens with zero attached hydrogens (tertiary/aromatic N) is 3. The molecular formula is C11H19N5O2. The molecule has 0 radical (unpaired) electrons. The van der Waals surface area contributed by atoms with Gasteiger partial charge < -0.3 is 20.3 Å². The van der Waals surface area contributed by atoms with Crippen LogP contribution in [0.25, 0.3) is 0 Å². The summed E-state index contributed by atoms with van der Waals surface area (Å²) in [6, 6.07) is 0.300. The number of aromatic nitrogens is 2. The van der Waals surface area contributed by atoms with Crippen LogP contribution in [0.1, 0.15) is 26.2 Å². The molecule has 2 rings (SSSR count). The number of H-pyrrole nitrogens is 1. The Hall–Kier alpha value is -1.63. The first-order valence-corrected chi connectivity index (χ1v) is 6.37. The lowest BCUT2D eigenvalue weighted by Crippen LogP contribution is -2.39. The van der Waals surface area contributed by atoms with E-state index in [9.17, 15) is 10.1 Å². The molecule has 7 heteroatoms. The highest BCUT2D eigenvalue weighted by Gasteiger charge is 2.22. The highest BCUT2D eigenvalue weighted by Crippen LogP contribution is 2.23. The van der Waals surface area contributed by atoms with Gasteiger partial charge in [-0.25, -0.2) is 0 Å². The van der Waals surface area contributed by atoms with Gasteiger partial charge in [-0.2, -0.15) is 0 Å². The minimum atomic E-state index is -0.443. The van der Waals surface area contributed by atoms with Crippen molar-refractivity contribution < 1.29 is 4.92 Å². The summed E-state index contributed by atoms with van der Waals surface area (Å²) in [4.78, 5) is 12.7. The van der Waals surface area contributed by atoms with E-state index in [1.807, 2.05) is 0 Å². The van der Waals surface area contributed by atoms with Crippen LogP contribution in [0.4, 0.5) is 11.5 Å². The zero-order valence-electron chi connectivity index (χ0n) is 10.6. The van der Waals surface area contributed by atoms with E-state index in [4.69, 9.17) is 0 Å². The lowest BCUT2D eigenvalue weighted by atomic mass is 10.0. The number of nitro groups is 1. The fourth-order valence-corrected chi connectivity index (χ4v) is 2.36. The lowest BCUT2D eigenvalue weighted by molar-refractivity contribution is -0.388. The summed E-state index contributed by atoms with van der Waals surface area (Å²) in [6.45, 7) is 5.42. The number of piperidine rings is 1. The molecule has 0 spiro atoms. The van der Waals surface area contributed by atoms with Crippen molar-refractivity contribution in [2.24, 2.45) is 0 Å². The third kappa shape index (κ3) is 2.98. The van der Waals surface area contributed by atoms with Crippen LogP contribution in [0, 0.1) is 10.1 Å². The Morgan fingerprint density at radius 2 is 2.33 bits per heavy atom. The molecule has 1 aromatic rings. The highest BCUT2D eigenvalue weighted by molar-refractivity contribution is 5.56. The average molecular weight is 253 g/mol. The zero-order valence-corrected chi connectivity index (χ0v) is 10.6. The fourth-order valence-electron chi connectivity index (χ4n) is 2.36. The highest BCUT2D eigenvalue weighted by atomic mass is 16.6. The van der Waals surface area contributed by atoms with E-state index in [0.29, 0.717) is 11.7 Å². The Labute approximate surface area is 106 Å². The Morgan fingerprint density at radius 1 is 1.61 bits per heavy atom. The van der Waals surface area contributed by atoms with Crippen LogP contribution in [0.5, 0.6) is 0 Å². The van der Waals surface area contributed by atoms with E-state index in [0.717, 1.165) is 32.5 Å². The van der Waals surface area contributed by atoms with Gasteiger partial charge in [0.05, 0.1) is 0 Å². The van der Waals surface area contributed by atoms with Gasteiger partial charge in [0.2, 0.25) is 0 Å². The summed E-state index contributed by atoms with van der Waals surface area (Å²) in [6.07, 6.45) is 4.69. The van der Waals surface area contributed by atoms with Crippen LogP contribution in [0.15, 0.2) is 6.20 Å². The van der Waals surface area contributed by atoms with Crippen molar-refractivity contribution >= 4 is 11.5 Å². The van der Waals surface area contributed by atoms with Gasteiger partial charge in [0.15, 0.2) is 5.69 Å². The van der Waals surface area contributed by atoms with Crippen LogP contribution < -0.4 is 5.32 Å². The first-order chi connectivity index (χ1) is 8.70. The van der Waals surface area contributed by atoms with Gasteiger partial charge in [-0.3, -0.25) is 0 Å². The Bertz CT molecular complexity index is 398. The number of aromatic amines is 1. The summed E-state index contributed by atoms with van der Waals surface area (Å²) < 4.78 is 0. The SMILES string of the molecule is CCCN1CCC(Nc2cn[nH]c2[N+](=O)[O-])CC1. The Morgan fingerprint density at radius 3 is 2.94 bits per heavy atom. The first kappa shape index (κ1) is 12.8. The molecule has 0 aliphatic carbocycles. The molecule has 0 aromatic carbocycles. The second-order valence-electron chi connectivity index (χ2n) is 4.65. The molecule has 0 saturated carbocycles. The third-order valence-corrected chi connectivity index (χ3v) is 3.29. The predicted octanol–water partition coefficient (Wildman–Crippen LogP) is 1.60. The van der Waals surface area contributed by atoms with Crippen molar-refractivity contribution in [1.82, 2.24) is 15.1 Å². The summed E-state index contributed by atoms with van der Waals surface area (Å²) >= 11 is 0. The van der Waals surface area contributed by atoms with E-state index in [2.05, 4.69) is 27.3 Å². The van der Waals surface area contributed by atoms with Crippen molar-refractivity contribution in [2.45, 2.75) is 32.2 Å². The van der Waals surface area contributed by atoms with Crippen molar-refractivity contribution in [2.75, 3.05) is 25.0 Å². The number of anilines is 1. The molecule has 18 heavy (non-hydrogen) atoms. The van der Waals surface area contributed by atoms with Crippen molar-refractivity contribution in [3.8, 4) is 0 Å². The molecule has 2 N–H and O–H groups in total. The van der Waals surface area contributed by atoms with Crippen LogP contribution in [0.2, 0.25) is 0 Å². The van der Waals surface area contributed by atoms with Gasteiger partial charge in [0.1, 0.15) is 6.20 Å². The van der Waals surface area contributed by atoms with Crippen molar-refractivity contribution in [3.05, 3.63) is 16.3 Å². The molecule has 1 aromatic heterocycles. The summed E-state index contributed by atoms with van der Waals surface area (Å²) in [5, 5.41) is 20.1. The number of hydrogen-bond donors (Lipinski definition) is 2. The summed E-state index contributed by atoms with van der Waals surface area (Å²) in [5.41, 5.74) is 0.494. The van der Waals surface area contributed by atoms with E-state index in [1.165, 1.54) is 12.6 Å². The number of nitrogens with one attached hydrogen (secondary N) is 2.